The number of hydrogen-bond donors (Lipinski definition) is 1. The summed E-state index contributed by atoms with van der Waals surface area (Å²) in [5.74, 6) is -1.09. The molecular weight excluding hydrogens is 364 g/mol. The van der Waals surface area contributed by atoms with Crippen molar-refractivity contribution in [1.29, 1.82) is 0 Å². The Balaban J connectivity index is 1.63. The standard InChI is InChI=1S/C20H27F2N5O/c1-14-11-15(2)27(25-14)19-13-17(26-7-9-28-10-8-26)12-18(24-19)23-16-3-5-20(21,22)6-4-16/h11-13,16H,3-10H2,1-2H3,(H,23,24). The van der Waals surface area contributed by atoms with Gasteiger partial charge in [0.05, 0.1) is 18.9 Å². The SMILES string of the molecule is Cc1cc(C)n(-c2cc(N3CCOCC3)cc(NC3CCC(F)(F)CC3)n2)n1. The van der Waals surface area contributed by atoms with E-state index in [1.807, 2.05) is 36.7 Å². The minimum atomic E-state index is -2.53. The molecule has 0 spiro atoms. The number of anilines is 2. The molecule has 1 aliphatic heterocycles. The molecule has 2 aromatic heterocycles. The van der Waals surface area contributed by atoms with E-state index in [1.165, 1.54) is 0 Å². The van der Waals surface area contributed by atoms with Gasteiger partial charge in [-0.05, 0) is 32.8 Å². The largest absolute Gasteiger partial charge is 0.378 e. The van der Waals surface area contributed by atoms with E-state index in [0.29, 0.717) is 31.9 Å². The van der Waals surface area contributed by atoms with Crippen LogP contribution in [0.4, 0.5) is 20.3 Å². The van der Waals surface area contributed by atoms with E-state index < -0.39 is 5.92 Å². The van der Waals surface area contributed by atoms with Gasteiger partial charge in [0, 0.05) is 55.5 Å². The van der Waals surface area contributed by atoms with Crippen LogP contribution in [0.2, 0.25) is 0 Å². The highest BCUT2D eigenvalue weighted by Crippen LogP contribution is 2.34. The van der Waals surface area contributed by atoms with Gasteiger partial charge in [0.1, 0.15) is 5.82 Å². The predicted molar refractivity (Wildman–Crippen MR) is 105 cm³/mol. The lowest BCUT2D eigenvalue weighted by Crippen LogP contribution is -2.36. The molecule has 1 saturated heterocycles. The smallest absolute Gasteiger partial charge is 0.248 e. The van der Waals surface area contributed by atoms with Crippen LogP contribution in [-0.4, -0.2) is 53.0 Å². The second-order valence-electron chi connectivity index (χ2n) is 7.78. The van der Waals surface area contributed by atoms with Crippen molar-refractivity contribution in [2.45, 2.75) is 51.5 Å². The molecule has 152 valence electrons. The Kier molecular flexibility index (Phi) is 5.23. The van der Waals surface area contributed by atoms with Crippen LogP contribution in [0.15, 0.2) is 18.2 Å². The maximum atomic E-state index is 13.5. The number of rotatable bonds is 4. The van der Waals surface area contributed by atoms with Crippen molar-refractivity contribution < 1.29 is 13.5 Å². The first kappa shape index (κ1) is 19.1. The van der Waals surface area contributed by atoms with Crippen molar-refractivity contribution in [3.05, 3.63) is 29.6 Å². The Morgan fingerprint density at radius 3 is 2.46 bits per heavy atom. The number of alkyl halides is 2. The second-order valence-corrected chi connectivity index (χ2v) is 7.78. The third-order valence-electron chi connectivity index (χ3n) is 5.47. The molecule has 0 radical (unpaired) electrons. The molecule has 28 heavy (non-hydrogen) atoms. The van der Waals surface area contributed by atoms with Gasteiger partial charge in [0.2, 0.25) is 5.92 Å². The molecule has 0 bridgehead atoms. The van der Waals surface area contributed by atoms with Gasteiger partial charge < -0.3 is 15.0 Å². The predicted octanol–water partition coefficient (Wildman–Crippen LogP) is 3.71. The second kappa shape index (κ2) is 7.66. The van der Waals surface area contributed by atoms with Crippen LogP contribution in [-0.2, 0) is 4.74 Å². The minimum absolute atomic E-state index is 0.0142. The quantitative estimate of drug-likeness (QED) is 0.861. The molecule has 1 saturated carbocycles. The number of morpholine rings is 1. The molecule has 0 atom stereocenters. The Hall–Kier alpha value is -2.22. The fourth-order valence-electron chi connectivity index (χ4n) is 3.94. The summed E-state index contributed by atoms with van der Waals surface area (Å²) in [7, 11) is 0. The highest BCUT2D eigenvalue weighted by atomic mass is 19.3. The average Bonchev–Trinajstić information content (AvgIpc) is 3.02. The van der Waals surface area contributed by atoms with E-state index in [2.05, 4.69) is 15.3 Å². The summed E-state index contributed by atoms with van der Waals surface area (Å²) in [6.07, 6.45) is 0.758. The number of ether oxygens (including phenoxy) is 1. The van der Waals surface area contributed by atoms with Gasteiger partial charge in [-0.25, -0.2) is 18.4 Å². The van der Waals surface area contributed by atoms with E-state index >= 15 is 0 Å². The lowest BCUT2D eigenvalue weighted by atomic mass is 9.92. The summed E-state index contributed by atoms with van der Waals surface area (Å²) >= 11 is 0. The third kappa shape index (κ3) is 4.27. The van der Waals surface area contributed by atoms with Crippen molar-refractivity contribution in [2.24, 2.45) is 0 Å². The monoisotopic (exact) mass is 391 g/mol. The zero-order valence-electron chi connectivity index (χ0n) is 16.4. The molecule has 1 aliphatic carbocycles. The molecule has 2 aromatic rings. The van der Waals surface area contributed by atoms with Crippen LogP contribution in [0.25, 0.3) is 5.82 Å². The minimum Gasteiger partial charge on any atom is -0.378 e. The third-order valence-corrected chi connectivity index (χ3v) is 5.47. The van der Waals surface area contributed by atoms with Crippen LogP contribution < -0.4 is 10.2 Å². The average molecular weight is 391 g/mol. The molecule has 2 aliphatic rings. The topological polar surface area (TPSA) is 55.2 Å². The zero-order chi connectivity index (χ0) is 19.7. The van der Waals surface area contributed by atoms with E-state index in [1.54, 1.807) is 0 Å². The van der Waals surface area contributed by atoms with E-state index in [-0.39, 0.29) is 18.9 Å². The molecule has 0 unspecified atom stereocenters. The first-order chi connectivity index (χ1) is 13.4. The van der Waals surface area contributed by atoms with Gasteiger partial charge in [0.15, 0.2) is 5.82 Å². The Morgan fingerprint density at radius 2 is 1.82 bits per heavy atom. The normalized spacial score (nSPS) is 20.4. The number of hydrogen-bond acceptors (Lipinski definition) is 5. The van der Waals surface area contributed by atoms with Crippen molar-refractivity contribution in [3.8, 4) is 5.82 Å². The van der Waals surface area contributed by atoms with E-state index in [9.17, 15) is 8.78 Å². The molecule has 0 amide bonds. The summed E-state index contributed by atoms with van der Waals surface area (Å²) < 4.78 is 34.3. The van der Waals surface area contributed by atoms with Gasteiger partial charge in [-0.3, -0.25) is 0 Å². The van der Waals surface area contributed by atoms with Gasteiger partial charge in [-0.2, -0.15) is 5.10 Å². The van der Waals surface area contributed by atoms with Crippen LogP contribution in [0, 0.1) is 13.8 Å². The van der Waals surface area contributed by atoms with Crippen molar-refractivity contribution >= 4 is 11.5 Å². The van der Waals surface area contributed by atoms with Crippen molar-refractivity contribution in [3.63, 3.8) is 0 Å². The molecular formula is C20H27F2N5O. The summed E-state index contributed by atoms with van der Waals surface area (Å²) in [6, 6.07) is 6.07. The number of pyridine rings is 1. The first-order valence-electron chi connectivity index (χ1n) is 9.92. The molecule has 8 heteroatoms. The summed E-state index contributed by atoms with van der Waals surface area (Å²) in [6.45, 7) is 6.97. The Morgan fingerprint density at radius 1 is 1.11 bits per heavy atom. The molecule has 2 fully saturated rings. The van der Waals surface area contributed by atoms with Gasteiger partial charge >= 0.3 is 0 Å². The number of aryl methyl sites for hydroxylation is 2. The van der Waals surface area contributed by atoms with Crippen molar-refractivity contribution in [1.82, 2.24) is 14.8 Å². The van der Waals surface area contributed by atoms with Crippen molar-refractivity contribution in [2.75, 3.05) is 36.5 Å². The fraction of sp³-hybridized carbons (Fsp3) is 0.600. The molecule has 4 rings (SSSR count). The first-order valence-corrected chi connectivity index (χ1v) is 9.92. The number of nitrogens with zero attached hydrogens (tertiary/aromatic N) is 4. The zero-order valence-corrected chi connectivity index (χ0v) is 16.4. The molecule has 6 nitrogen and oxygen atoms in total. The molecule has 1 N–H and O–H groups in total. The highest BCUT2D eigenvalue weighted by molar-refractivity contribution is 5.59. The number of nitrogens with one attached hydrogen (secondary N) is 1. The van der Waals surface area contributed by atoms with E-state index in [0.717, 1.165) is 36.0 Å². The van der Waals surface area contributed by atoms with Crippen LogP contribution in [0.1, 0.15) is 37.1 Å². The van der Waals surface area contributed by atoms with Crippen LogP contribution in [0.5, 0.6) is 0 Å². The number of aromatic nitrogens is 3. The number of halogens is 2. The summed E-state index contributed by atoms with van der Waals surface area (Å²) in [5.41, 5.74) is 2.98. The van der Waals surface area contributed by atoms with Gasteiger partial charge in [-0.15, -0.1) is 0 Å². The van der Waals surface area contributed by atoms with Gasteiger partial charge in [-0.1, -0.05) is 0 Å². The Labute approximate surface area is 163 Å². The lowest BCUT2D eigenvalue weighted by molar-refractivity contribution is -0.0361. The maximum absolute atomic E-state index is 13.5. The van der Waals surface area contributed by atoms with E-state index in [4.69, 9.17) is 9.72 Å². The molecule has 0 aromatic carbocycles. The lowest BCUT2D eigenvalue weighted by Gasteiger charge is -2.31. The maximum Gasteiger partial charge on any atom is 0.248 e. The van der Waals surface area contributed by atoms with Crippen LogP contribution >= 0.6 is 0 Å². The van der Waals surface area contributed by atoms with Crippen LogP contribution in [0.3, 0.4) is 0 Å². The molecule has 3 heterocycles. The van der Waals surface area contributed by atoms with Gasteiger partial charge in [0.25, 0.3) is 0 Å². The summed E-state index contributed by atoms with van der Waals surface area (Å²) in [5, 5.41) is 7.95. The fourth-order valence-corrected chi connectivity index (χ4v) is 3.94. The highest BCUT2D eigenvalue weighted by Gasteiger charge is 2.35. The Bertz CT molecular complexity index is 822. The summed E-state index contributed by atoms with van der Waals surface area (Å²) in [4.78, 5) is 7.01.